The minimum absolute atomic E-state index is 0.220. The molecule has 1 saturated heterocycles. The van der Waals surface area contributed by atoms with Crippen molar-refractivity contribution in [1.29, 1.82) is 0 Å². The lowest BCUT2D eigenvalue weighted by Crippen LogP contribution is -2.55. The number of allylic oxidation sites excluding steroid dienone is 1. The molecule has 6 saturated carbocycles. The van der Waals surface area contributed by atoms with Gasteiger partial charge in [-0.1, -0.05) is 64.0 Å². The van der Waals surface area contributed by atoms with Crippen LogP contribution in [0.4, 0.5) is 0 Å². The largest absolute Gasteiger partial charge is 0.390 e. The number of rotatable bonds is 4. The molecule has 0 aromatic carbocycles. The van der Waals surface area contributed by atoms with Gasteiger partial charge in [0, 0.05) is 5.41 Å². The lowest BCUT2D eigenvalue weighted by molar-refractivity contribution is -0.116. The summed E-state index contributed by atoms with van der Waals surface area (Å²) in [5.74, 6) is 4.29. The first-order chi connectivity index (χ1) is 17.4. The Bertz CT molecular complexity index is 851. The molecule has 1 aliphatic heterocycles. The Kier molecular flexibility index (Phi) is 6.06. The average Bonchev–Trinajstić information content (AvgIpc) is 3.40. The number of aliphatic hydroxyl groups is 1. The maximum Gasteiger partial charge on any atom is 0.0957 e. The molecule has 36 heavy (non-hydrogen) atoms. The lowest BCUT2D eigenvalue weighted by atomic mass is 9.42. The van der Waals surface area contributed by atoms with Crippen LogP contribution in [0.1, 0.15) is 142 Å². The number of hydrogen-bond donors (Lipinski definition) is 1. The molecule has 7 rings (SSSR count). The fraction of sp³-hybridized carbons (Fsp3) is 0.941. The Morgan fingerprint density at radius 1 is 0.861 bits per heavy atom. The van der Waals surface area contributed by atoms with E-state index in [2.05, 4.69) is 6.92 Å². The molecule has 2 spiro atoms. The quantitative estimate of drug-likeness (QED) is 0.313. The average molecular weight is 495 g/mol. The smallest absolute Gasteiger partial charge is 0.0957 e. The zero-order valence-electron chi connectivity index (χ0n) is 23.4. The van der Waals surface area contributed by atoms with E-state index >= 15 is 0 Å². The summed E-state index contributed by atoms with van der Waals surface area (Å²) >= 11 is 0. The van der Waals surface area contributed by atoms with E-state index in [9.17, 15) is 5.11 Å². The summed E-state index contributed by atoms with van der Waals surface area (Å²) in [5, 5.41) is 11.2. The van der Waals surface area contributed by atoms with Crippen LogP contribution in [-0.2, 0) is 4.74 Å². The van der Waals surface area contributed by atoms with Gasteiger partial charge in [0.1, 0.15) is 0 Å². The third-order valence-electron chi connectivity index (χ3n) is 13.7. The number of ether oxygens (including phenoxy) is 1. The van der Waals surface area contributed by atoms with Crippen LogP contribution in [0.25, 0.3) is 0 Å². The van der Waals surface area contributed by atoms with Crippen molar-refractivity contribution in [1.82, 2.24) is 0 Å². The normalized spacial score (nSPS) is 50.4. The Morgan fingerprint density at radius 2 is 1.64 bits per heavy atom. The van der Waals surface area contributed by atoms with Crippen molar-refractivity contribution >= 4 is 0 Å². The van der Waals surface area contributed by atoms with Gasteiger partial charge in [0.05, 0.1) is 17.3 Å². The van der Waals surface area contributed by atoms with Crippen LogP contribution in [0.3, 0.4) is 0 Å². The molecule has 6 aliphatic carbocycles. The van der Waals surface area contributed by atoms with E-state index in [1.54, 1.807) is 5.57 Å². The van der Waals surface area contributed by atoms with Crippen molar-refractivity contribution in [2.75, 3.05) is 0 Å². The second kappa shape index (κ2) is 8.84. The summed E-state index contributed by atoms with van der Waals surface area (Å²) in [7, 11) is 0. The van der Waals surface area contributed by atoms with E-state index in [0.717, 1.165) is 48.9 Å². The minimum Gasteiger partial charge on any atom is -0.390 e. The first-order valence-electron chi connectivity index (χ1n) is 16.4. The van der Waals surface area contributed by atoms with Crippen molar-refractivity contribution in [3.8, 4) is 0 Å². The molecule has 8 unspecified atom stereocenters. The van der Waals surface area contributed by atoms with Gasteiger partial charge in [-0.2, -0.15) is 0 Å². The highest BCUT2D eigenvalue weighted by molar-refractivity contribution is 5.26. The highest BCUT2D eigenvalue weighted by Gasteiger charge is 2.70. The van der Waals surface area contributed by atoms with E-state index in [1.807, 2.05) is 0 Å². The number of epoxide rings is 1. The molecular formula is C34H54O2. The van der Waals surface area contributed by atoms with Gasteiger partial charge < -0.3 is 9.84 Å². The molecule has 2 bridgehead atoms. The monoisotopic (exact) mass is 494 g/mol. The highest BCUT2D eigenvalue weighted by Crippen LogP contribution is 2.72. The van der Waals surface area contributed by atoms with E-state index in [0.29, 0.717) is 16.9 Å². The fourth-order valence-corrected chi connectivity index (χ4v) is 11.9. The topological polar surface area (TPSA) is 32.8 Å². The molecule has 2 heteroatoms. The molecule has 0 aromatic rings. The predicted octanol–water partition coefficient (Wildman–Crippen LogP) is 8.76. The minimum atomic E-state index is -0.355. The molecule has 0 aromatic heterocycles. The zero-order chi connectivity index (χ0) is 24.6. The Hall–Kier alpha value is -0.340. The van der Waals surface area contributed by atoms with Crippen molar-refractivity contribution in [2.24, 2.45) is 40.4 Å². The van der Waals surface area contributed by atoms with Crippen LogP contribution in [0.5, 0.6) is 0 Å². The summed E-state index contributed by atoms with van der Waals surface area (Å²) in [6, 6.07) is 0. The predicted molar refractivity (Wildman–Crippen MR) is 147 cm³/mol. The molecule has 7 fully saturated rings. The number of fused-ring (bicyclic) bond motifs is 4. The van der Waals surface area contributed by atoms with E-state index in [4.69, 9.17) is 11.3 Å². The second-order valence-corrected chi connectivity index (χ2v) is 15.7. The van der Waals surface area contributed by atoms with Crippen molar-refractivity contribution < 1.29 is 9.84 Å². The summed E-state index contributed by atoms with van der Waals surface area (Å²) < 4.78 is 6.93. The molecule has 202 valence electrons. The van der Waals surface area contributed by atoms with E-state index < -0.39 is 0 Å². The van der Waals surface area contributed by atoms with Crippen LogP contribution in [0.15, 0.2) is 12.2 Å². The lowest BCUT2D eigenvalue weighted by Gasteiger charge is -2.62. The molecule has 0 amide bonds. The van der Waals surface area contributed by atoms with Gasteiger partial charge in [0.2, 0.25) is 0 Å². The summed E-state index contributed by atoms with van der Waals surface area (Å²) in [6.45, 7) is 7.60. The van der Waals surface area contributed by atoms with Gasteiger partial charge in [-0.05, 0) is 125 Å². The van der Waals surface area contributed by atoms with Crippen LogP contribution >= 0.6 is 0 Å². The van der Waals surface area contributed by atoms with Crippen LogP contribution in [0, 0.1) is 40.4 Å². The number of hydrogen-bond acceptors (Lipinski definition) is 2. The first kappa shape index (κ1) is 24.7. The van der Waals surface area contributed by atoms with Crippen LogP contribution < -0.4 is 0 Å². The van der Waals surface area contributed by atoms with Gasteiger partial charge in [-0.15, -0.1) is 0 Å². The SMILES string of the molecule is C=C1CC2(CCC(CCC3(O)CCCCC3)C2)C2OC23CCCC(C3)C2C1CC2(C)C1CCCCC1. The Labute approximate surface area is 221 Å². The molecule has 1 heterocycles. The Balaban J connectivity index is 1.10. The zero-order valence-corrected chi connectivity index (χ0v) is 23.4. The van der Waals surface area contributed by atoms with Crippen molar-refractivity contribution in [3.05, 3.63) is 12.2 Å². The molecule has 8 atom stereocenters. The third kappa shape index (κ3) is 3.92. The molecule has 1 N–H and O–H groups in total. The van der Waals surface area contributed by atoms with Crippen LogP contribution in [0.2, 0.25) is 0 Å². The molecule has 0 radical (unpaired) electrons. The molecular weight excluding hydrogens is 440 g/mol. The second-order valence-electron chi connectivity index (χ2n) is 15.7. The van der Waals surface area contributed by atoms with Gasteiger partial charge in [-0.25, -0.2) is 0 Å². The first-order valence-corrected chi connectivity index (χ1v) is 16.4. The fourth-order valence-electron chi connectivity index (χ4n) is 11.9. The maximum atomic E-state index is 11.2. The standard InChI is InChI=1S/C34H54O2/c1-24-20-32(18-13-25(21-32)14-19-33(35)15-7-4-8-16-33)30-34(36-30)17-9-10-26(22-34)29-28(24)23-31(29,2)27-11-5-3-6-12-27/h25-30,35H,1,3-23H2,2H3. The third-order valence-corrected chi connectivity index (χ3v) is 13.7. The van der Waals surface area contributed by atoms with Crippen molar-refractivity contribution in [2.45, 2.75) is 159 Å². The van der Waals surface area contributed by atoms with E-state index in [-0.39, 0.29) is 11.2 Å². The van der Waals surface area contributed by atoms with E-state index in [1.165, 1.54) is 116 Å². The Morgan fingerprint density at radius 3 is 2.44 bits per heavy atom. The van der Waals surface area contributed by atoms with Crippen molar-refractivity contribution in [3.63, 3.8) is 0 Å². The van der Waals surface area contributed by atoms with Crippen LogP contribution in [-0.4, -0.2) is 22.4 Å². The van der Waals surface area contributed by atoms with Gasteiger partial charge in [-0.3, -0.25) is 0 Å². The van der Waals surface area contributed by atoms with Gasteiger partial charge in [0.25, 0.3) is 0 Å². The summed E-state index contributed by atoms with van der Waals surface area (Å²) in [5.41, 5.74) is 2.40. The maximum absolute atomic E-state index is 11.2. The molecule has 7 aliphatic rings. The van der Waals surface area contributed by atoms with Gasteiger partial charge in [0.15, 0.2) is 0 Å². The summed E-state index contributed by atoms with van der Waals surface area (Å²) in [6.07, 6.45) is 28.3. The summed E-state index contributed by atoms with van der Waals surface area (Å²) in [4.78, 5) is 0. The molecule has 2 nitrogen and oxygen atoms in total. The van der Waals surface area contributed by atoms with Gasteiger partial charge >= 0.3 is 0 Å². The highest BCUT2D eigenvalue weighted by atomic mass is 16.6.